The predicted molar refractivity (Wildman–Crippen MR) is 97.5 cm³/mol. The zero-order chi connectivity index (χ0) is 18.2. The van der Waals surface area contributed by atoms with Crippen LogP contribution in [0, 0.1) is 6.92 Å². The van der Waals surface area contributed by atoms with Crippen molar-refractivity contribution in [2.24, 2.45) is 0 Å². The summed E-state index contributed by atoms with van der Waals surface area (Å²) in [5.74, 6) is 1.20. The van der Waals surface area contributed by atoms with Gasteiger partial charge < -0.3 is 24.8 Å². The molecular weight excluding hydrogens is 320 g/mol. The summed E-state index contributed by atoms with van der Waals surface area (Å²) in [6.07, 6.45) is -0.216. The van der Waals surface area contributed by atoms with E-state index >= 15 is 0 Å². The molecule has 2 N–H and O–H groups in total. The van der Waals surface area contributed by atoms with Crippen LogP contribution in [0.3, 0.4) is 0 Å². The van der Waals surface area contributed by atoms with Crippen LogP contribution in [-0.4, -0.2) is 33.9 Å². The molecule has 0 aromatic heterocycles. The Morgan fingerprint density at radius 2 is 1.68 bits per heavy atom. The number of nitrogens with one attached hydrogen (secondary N) is 2. The first-order valence-corrected chi connectivity index (χ1v) is 7.93. The van der Waals surface area contributed by atoms with Crippen LogP contribution in [0.25, 0.3) is 0 Å². The second-order valence-electron chi connectivity index (χ2n) is 5.52. The number of hydrogen-bond acceptors (Lipinski definition) is 4. The summed E-state index contributed by atoms with van der Waals surface area (Å²) in [6.45, 7) is 2.37. The highest BCUT2D eigenvalue weighted by atomic mass is 16.5. The average Bonchev–Trinajstić information content (AvgIpc) is 2.63. The van der Waals surface area contributed by atoms with Gasteiger partial charge in [-0.2, -0.15) is 0 Å². The summed E-state index contributed by atoms with van der Waals surface area (Å²) in [4.78, 5) is 12.2. The van der Waals surface area contributed by atoms with Gasteiger partial charge in [0.05, 0.1) is 20.3 Å². The van der Waals surface area contributed by atoms with Gasteiger partial charge in [-0.25, -0.2) is 4.79 Å². The maximum absolute atomic E-state index is 12.2. The van der Waals surface area contributed by atoms with E-state index < -0.39 is 0 Å². The fraction of sp³-hybridized carbons (Fsp3) is 0.316. The SMILES string of the molecule is COc1cc(NC(=O)NCC(OC)c2ccccc2C)cc(OC)c1. The van der Waals surface area contributed by atoms with Crippen LogP contribution < -0.4 is 20.1 Å². The van der Waals surface area contributed by atoms with Gasteiger partial charge in [0.15, 0.2) is 0 Å². The third-order valence-corrected chi connectivity index (χ3v) is 3.88. The van der Waals surface area contributed by atoms with Crippen LogP contribution >= 0.6 is 0 Å². The normalized spacial score (nSPS) is 11.5. The molecular formula is C19H24N2O4. The van der Waals surface area contributed by atoms with Gasteiger partial charge in [0.25, 0.3) is 0 Å². The second kappa shape index (κ2) is 8.94. The molecule has 0 radical (unpaired) electrons. The van der Waals surface area contributed by atoms with Gasteiger partial charge in [0, 0.05) is 37.5 Å². The number of rotatable bonds is 7. The summed E-state index contributed by atoms with van der Waals surface area (Å²) in [5, 5.41) is 5.60. The standard InChI is InChI=1S/C19H24N2O4/c1-13-7-5-6-8-17(13)18(25-4)12-20-19(22)21-14-9-15(23-2)11-16(10-14)24-3/h5-11,18H,12H2,1-4H3,(H2,20,21,22). The van der Waals surface area contributed by atoms with Crippen molar-refractivity contribution < 1.29 is 19.0 Å². The second-order valence-corrected chi connectivity index (χ2v) is 5.52. The van der Waals surface area contributed by atoms with Crippen molar-refractivity contribution in [3.8, 4) is 11.5 Å². The minimum atomic E-state index is -0.328. The largest absolute Gasteiger partial charge is 0.497 e. The van der Waals surface area contributed by atoms with Crippen molar-refractivity contribution in [3.05, 3.63) is 53.6 Å². The van der Waals surface area contributed by atoms with E-state index in [-0.39, 0.29) is 12.1 Å². The Kier molecular flexibility index (Phi) is 6.65. The van der Waals surface area contributed by atoms with Crippen LogP contribution in [-0.2, 0) is 4.74 Å². The zero-order valence-electron chi connectivity index (χ0n) is 15.0. The Bertz CT molecular complexity index is 696. The Hall–Kier alpha value is -2.73. The first kappa shape index (κ1) is 18.6. The van der Waals surface area contributed by atoms with Gasteiger partial charge in [0.2, 0.25) is 0 Å². The van der Waals surface area contributed by atoms with Crippen LogP contribution in [0.1, 0.15) is 17.2 Å². The summed E-state index contributed by atoms with van der Waals surface area (Å²) in [7, 11) is 4.75. The summed E-state index contributed by atoms with van der Waals surface area (Å²) < 4.78 is 15.9. The smallest absolute Gasteiger partial charge is 0.319 e. The Morgan fingerprint density at radius 1 is 1.04 bits per heavy atom. The molecule has 25 heavy (non-hydrogen) atoms. The van der Waals surface area contributed by atoms with E-state index in [2.05, 4.69) is 10.6 Å². The topological polar surface area (TPSA) is 68.8 Å². The molecule has 6 heteroatoms. The molecule has 0 saturated heterocycles. The zero-order valence-corrected chi connectivity index (χ0v) is 15.0. The van der Waals surface area contributed by atoms with E-state index in [0.29, 0.717) is 23.7 Å². The van der Waals surface area contributed by atoms with E-state index in [0.717, 1.165) is 11.1 Å². The lowest BCUT2D eigenvalue weighted by Crippen LogP contribution is -2.33. The van der Waals surface area contributed by atoms with Crippen molar-refractivity contribution in [2.45, 2.75) is 13.0 Å². The van der Waals surface area contributed by atoms with Gasteiger partial charge >= 0.3 is 6.03 Å². The molecule has 0 heterocycles. The van der Waals surface area contributed by atoms with E-state index in [4.69, 9.17) is 14.2 Å². The molecule has 0 aliphatic carbocycles. The monoisotopic (exact) mass is 344 g/mol. The Balaban J connectivity index is 1.99. The number of benzene rings is 2. The van der Waals surface area contributed by atoms with Crippen molar-refractivity contribution in [2.75, 3.05) is 33.2 Å². The number of anilines is 1. The van der Waals surface area contributed by atoms with Gasteiger partial charge in [-0.3, -0.25) is 0 Å². The fourth-order valence-corrected chi connectivity index (χ4v) is 2.51. The Morgan fingerprint density at radius 3 is 2.24 bits per heavy atom. The number of carbonyl (C=O) groups excluding carboxylic acids is 1. The maximum atomic E-state index is 12.2. The fourth-order valence-electron chi connectivity index (χ4n) is 2.51. The molecule has 1 unspecified atom stereocenters. The van der Waals surface area contributed by atoms with Crippen molar-refractivity contribution >= 4 is 11.7 Å². The van der Waals surface area contributed by atoms with E-state index in [1.165, 1.54) is 0 Å². The first-order valence-electron chi connectivity index (χ1n) is 7.93. The highest BCUT2D eigenvalue weighted by molar-refractivity contribution is 5.89. The summed E-state index contributed by atoms with van der Waals surface area (Å²) in [5.41, 5.74) is 2.75. The van der Waals surface area contributed by atoms with Crippen LogP contribution in [0.5, 0.6) is 11.5 Å². The number of aryl methyl sites for hydroxylation is 1. The minimum Gasteiger partial charge on any atom is -0.497 e. The van der Waals surface area contributed by atoms with Crippen LogP contribution in [0.2, 0.25) is 0 Å². The summed E-state index contributed by atoms with van der Waals surface area (Å²) in [6, 6.07) is 12.8. The Labute approximate surface area is 148 Å². The minimum absolute atomic E-state index is 0.216. The molecule has 2 amide bonds. The number of urea groups is 1. The molecule has 0 spiro atoms. The van der Waals surface area contributed by atoms with Gasteiger partial charge in [-0.15, -0.1) is 0 Å². The number of carbonyl (C=O) groups is 1. The van der Waals surface area contributed by atoms with Gasteiger partial charge in [-0.05, 0) is 18.1 Å². The van der Waals surface area contributed by atoms with Crippen molar-refractivity contribution in [1.82, 2.24) is 5.32 Å². The van der Waals surface area contributed by atoms with Crippen molar-refractivity contribution in [3.63, 3.8) is 0 Å². The van der Waals surface area contributed by atoms with Crippen LogP contribution in [0.4, 0.5) is 10.5 Å². The predicted octanol–water partition coefficient (Wildman–Crippen LogP) is 3.52. The lowest BCUT2D eigenvalue weighted by Gasteiger charge is -2.19. The van der Waals surface area contributed by atoms with E-state index in [1.807, 2.05) is 31.2 Å². The number of amides is 2. The van der Waals surface area contributed by atoms with Gasteiger partial charge in [-0.1, -0.05) is 24.3 Å². The highest BCUT2D eigenvalue weighted by Crippen LogP contribution is 2.25. The van der Waals surface area contributed by atoms with Crippen LogP contribution in [0.15, 0.2) is 42.5 Å². The quantitative estimate of drug-likeness (QED) is 0.806. The van der Waals surface area contributed by atoms with Crippen molar-refractivity contribution in [1.29, 1.82) is 0 Å². The molecule has 134 valence electrons. The molecule has 6 nitrogen and oxygen atoms in total. The third-order valence-electron chi connectivity index (χ3n) is 3.88. The average molecular weight is 344 g/mol. The molecule has 1 atom stereocenters. The number of methoxy groups -OCH3 is 3. The molecule has 2 aromatic carbocycles. The van der Waals surface area contributed by atoms with Gasteiger partial charge in [0.1, 0.15) is 11.5 Å². The lowest BCUT2D eigenvalue weighted by atomic mass is 10.0. The lowest BCUT2D eigenvalue weighted by molar-refractivity contribution is 0.104. The maximum Gasteiger partial charge on any atom is 0.319 e. The molecule has 0 saturated carbocycles. The van der Waals surface area contributed by atoms with E-state index in [1.54, 1.807) is 39.5 Å². The molecule has 0 aliphatic rings. The molecule has 0 bridgehead atoms. The summed E-state index contributed by atoms with van der Waals surface area (Å²) >= 11 is 0. The number of hydrogen-bond donors (Lipinski definition) is 2. The molecule has 2 aromatic rings. The molecule has 2 rings (SSSR count). The molecule has 0 fully saturated rings. The highest BCUT2D eigenvalue weighted by Gasteiger charge is 2.14. The molecule has 0 aliphatic heterocycles. The van der Waals surface area contributed by atoms with E-state index in [9.17, 15) is 4.79 Å². The third kappa shape index (κ3) is 5.12. The number of ether oxygens (including phenoxy) is 3. The first-order chi connectivity index (χ1) is 12.1.